The first-order valence-electron chi connectivity index (χ1n) is 5.96. The molecule has 1 unspecified atom stereocenters. The van der Waals surface area contributed by atoms with Gasteiger partial charge in [-0.25, -0.2) is 9.37 Å². The lowest BCUT2D eigenvalue weighted by Crippen LogP contribution is -2.41. The van der Waals surface area contributed by atoms with Crippen molar-refractivity contribution in [3.05, 3.63) is 12.0 Å². The first kappa shape index (κ1) is 12.5. The molecule has 0 radical (unpaired) electrons. The Morgan fingerprint density at radius 3 is 3.17 bits per heavy atom. The van der Waals surface area contributed by atoms with Crippen LogP contribution in [0.3, 0.4) is 0 Å². The minimum absolute atomic E-state index is 0.141. The number of nitrogens with zero attached hydrogens (tertiary/aromatic N) is 3. The summed E-state index contributed by atoms with van der Waals surface area (Å²) < 4.78 is 13.8. The third kappa shape index (κ3) is 2.34. The van der Waals surface area contributed by atoms with Gasteiger partial charge in [-0.1, -0.05) is 0 Å². The number of aromatic nitrogens is 2. The van der Waals surface area contributed by atoms with Gasteiger partial charge < -0.3 is 16.0 Å². The number of nitrogens with one attached hydrogen (secondary N) is 1. The summed E-state index contributed by atoms with van der Waals surface area (Å²) in [5.41, 5.74) is 5.31. The zero-order valence-corrected chi connectivity index (χ0v) is 10.2. The van der Waals surface area contributed by atoms with Gasteiger partial charge in [0.1, 0.15) is 6.04 Å². The second-order valence-electron chi connectivity index (χ2n) is 4.15. The van der Waals surface area contributed by atoms with Crippen molar-refractivity contribution in [2.75, 3.05) is 23.3 Å². The van der Waals surface area contributed by atoms with Crippen molar-refractivity contribution in [2.24, 2.45) is 5.73 Å². The Morgan fingerprint density at radius 1 is 1.72 bits per heavy atom. The van der Waals surface area contributed by atoms with E-state index < -0.39 is 17.8 Å². The molecule has 1 fully saturated rings. The molecule has 0 aromatic carbocycles. The largest absolute Gasteiger partial charge is 0.368 e. The standard InChI is InChI=1S/C11H16FN5O/c1-2-14-11-15-6-7(12)10(16-11)17-5-3-4-8(17)9(13)18/h6,8H,2-5H2,1H3,(H2,13,18)(H,14,15,16). The van der Waals surface area contributed by atoms with Crippen LogP contribution in [-0.4, -0.2) is 35.0 Å². The summed E-state index contributed by atoms with van der Waals surface area (Å²) in [5.74, 6) is -0.494. The molecule has 1 aromatic heterocycles. The van der Waals surface area contributed by atoms with Crippen LogP contribution >= 0.6 is 0 Å². The Kier molecular flexibility index (Phi) is 3.59. The summed E-state index contributed by atoms with van der Waals surface area (Å²) >= 11 is 0. The highest BCUT2D eigenvalue weighted by Crippen LogP contribution is 2.26. The maximum atomic E-state index is 13.8. The highest BCUT2D eigenvalue weighted by atomic mass is 19.1. The van der Waals surface area contributed by atoms with Gasteiger partial charge in [0.15, 0.2) is 11.6 Å². The van der Waals surface area contributed by atoms with E-state index in [1.54, 1.807) is 4.90 Å². The van der Waals surface area contributed by atoms with Crippen LogP contribution in [0.1, 0.15) is 19.8 Å². The van der Waals surface area contributed by atoms with Crippen LogP contribution in [-0.2, 0) is 4.79 Å². The van der Waals surface area contributed by atoms with E-state index in [4.69, 9.17) is 5.73 Å². The van der Waals surface area contributed by atoms with Crippen molar-refractivity contribution in [3.8, 4) is 0 Å². The van der Waals surface area contributed by atoms with Gasteiger partial charge in [-0.2, -0.15) is 4.98 Å². The van der Waals surface area contributed by atoms with Crippen molar-refractivity contribution in [1.82, 2.24) is 9.97 Å². The van der Waals surface area contributed by atoms with Gasteiger partial charge in [0.05, 0.1) is 6.20 Å². The van der Waals surface area contributed by atoms with Crippen molar-refractivity contribution < 1.29 is 9.18 Å². The number of primary amides is 1. The van der Waals surface area contributed by atoms with E-state index in [9.17, 15) is 9.18 Å². The van der Waals surface area contributed by atoms with Crippen molar-refractivity contribution in [1.29, 1.82) is 0 Å². The molecule has 0 aliphatic carbocycles. The van der Waals surface area contributed by atoms with Crippen LogP contribution in [0.4, 0.5) is 16.2 Å². The van der Waals surface area contributed by atoms with E-state index >= 15 is 0 Å². The summed E-state index contributed by atoms with van der Waals surface area (Å²) in [6, 6.07) is -0.483. The average Bonchev–Trinajstić information content (AvgIpc) is 2.81. The molecule has 0 spiro atoms. The minimum Gasteiger partial charge on any atom is -0.368 e. The monoisotopic (exact) mass is 253 g/mol. The fourth-order valence-electron chi connectivity index (χ4n) is 2.12. The minimum atomic E-state index is -0.537. The smallest absolute Gasteiger partial charge is 0.240 e. The summed E-state index contributed by atoms with van der Waals surface area (Å²) in [6.45, 7) is 3.12. The summed E-state index contributed by atoms with van der Waals surface area (Å²) in [5, 5.41) is 2.91. The molecule has 1 amide bonds. The Balaban J connectivity index is 2.31. The maximum absolute atomic E-state index is 13.8. The Morgan fingerprint density at radius 2 is 2.50 bits per heavy atom. The fourth-order valence-corrected chi connectivity index (χ4v) is 2.12. The maximum Gasteiger partial charge on any atom is 0.240 e. The van der Waals surface area contributed by atoms with Gasteiger partial charge in [-0.05, 0) is 19.8 Å². The molecule has 1 aliphatic heterocycles. The molecule has 1 saturated heterocycles. The fraction of sp³-hybridized carbons (Fsp3) is 0.545. The number of hydrogen-bond acceptors (Lipinski definition) is 5. The Bertz CT molecular complexity index is 453. The molecule has 0 saturated carbocycles. The van der Waals surface area contributed by atoms with Crippen LogP contribution in [0, 0.1) is 5.82 Å². The lowest BCUT2D eigenvalue weighted by molar-refractivity contribution is -0.119. The highest BCUT2D eigenvalue weighted by Gasteiger charge is 2.32. The molecule has 1 aromatic rings. The van der Waals surface area contributed by atoms with Crippen molar-refractivity contribution in [3.63, 3.8) is 0 Å². The third-order valence-electron chi connectivity index (χ3n) is 2.91. The van der Waals surface area contributed by atoms with Gasteiger partial charge in [0, 0.05) is 13.1 Å². The SMILES string of the molecule is CCNc1ncc(F)c(N2CCCC2C(N)=O)n1. The van der Waals surface area contributed by atoms with E-state index in [2.05, 4.69) is 15.3 Å². The van der Waals surface area contributed by atoms with E-state index in [0.29, 0.717) is 25.5 Å². The molecule has 2 heterocycles. The first-order valence-corrected chi connectivity index (χ1v) is 5.96. The lowest BCUT2D eigenvalue weighted by Gasteiger charge is -2.23. The number of carbonyl (C=O) groups excluding carboxylic acids is 1. The summed E-state index contributed by atoms with van der Waals surface area (Å²) in [4.78, 5) is 20.8. The lowest BCUT2D eigenvalue weighted by atomic mass is 10.2. The van der Waals surface area contributed by atoms with Gasteiger partial charge >= 0.3 is 0 Å². The van der Waals surface area contributed by atoms with E-state index in [1.165, 1.54) is 0 Å². The molecule has 0 bridgehead atoms. The van der Waals surface area contributed by atoms with Gasteiger partial charge in [0.25, 0.3) is 0 Å². The normalized spacial score (nSPS) is 19.0. The number of anilines is 2. The zero-order valence-electron chi connectivity index (χ0n) is 10.2. The number of carbonyl (C=O) groups is 1. The predicted molar refractivity (Wildman–Crippen MR) is 65.7 cm³/mol. The molecule has 7 heteroatoms. The predicted octanol–water partition coefficient (Wildman–Crippen LogP) is 0.502. The molecule has 98 valence electrons. The number of hydrogen-bond donors (Lipinski definition) is 2. The second-order valence-corrected chi connectivity index (χ2v) is 4.15. The van der Waals surface area contributed by atoms with Crippen LogP contribution in [0.25, 0.3) is 0 Å². The molecule has 3 N–H and O–H groups in total. The number of rotatable bonds is 4. The third-order valence-corrected chi connectivity index (χ3v) is 2.91. The van der Waals surface area contributed by atoms with Gasteiger partial charge in [0.2, 0.25) is 11.9 Å². The Hall–Kier alpha value is -1.92. The van der Waals surface area contributed by atoms with Gasteiger partial charge in [-0.15, -0.1) is 0 Å². The highest BCUT2D eigenvalue weighted by molar-refractivity contribution is 5.84. The van der Waals surface area contributed by atoms with E-state index in [1.807, 2.05) is 6.92 Å². The number of amides is 1. The molecular formula is C11H16FN5O. The second kappa shape index (κ2) is 5.16. The van der Waals surface area contributed by atoms with Gasteiger partial charge in [-0.3, -0.25) is 4.79 Å². The number of nitrogens with two attached hydrogens (primary N) is 1. The first-order chi connectivity index (χ1) is 8.63. The van der Waals surface area contributed by atoms with Crippen molar-refractivity contribution in [2.45, 2.75) is 25.8 Å². The molecule has 1 aliphatic rings. The summed E-state index contributed by atoms with van der Waals surface area (Å²) in [6.07, 6.45) is 2.54. The van der Waals surface area contributed by atoms with E-state index in [0.717, 1.165) is 12.6 Å². The molecular weight excluding hydrogens is 237 g/mol. The van der Waals surface area contributed by atoms with Crippen LogP contribution in [0.2, 0.25) is 0 Å². The molecule has 18 heavy (non-hydrogen) atoms. The zero-order chi connectivity index (χ0) is 13.1. The van der Waals surface area contributed by atoms with Crippen LogP contribution in [0.5, 0.6) is 0 Å². The Labute approximate surface area is 104 Å². The topological polar surface area (TPSA) is 84.1 Å². The number of halogens is 1. The average molecular weight is 253 g/mol. The van der Waals surface area contributed by atoms with E-state index in [-0.39, 0.29) is 5.82 Å². The van der Waals surface area contributed by atoms with Crippen molar-refractivity contribution >= 4 is 17.7 Å². The quantitative estimate of drug-likeness (QED) is 0.816. The molecule has 6 nitrogen and oxygen atoms in total. The molecule has 2 rings (SSSR count). The van der Waals surface area contributed by atoms with Crippen LogP contribution < -0.4 is 16.0 Å². The van der Waals surface area contributed by atoms with Crippen LogP contribution in [0.15, 0.2) is 6.20 Å². The summed E-state index contributed by atoms with van der Waals surface area (Å²) in [7, 11) is 0. The molecule has 1 atom stereocenters.